The summed E-state index contributed by atoms with van der Waals surface area (Å²) in [7, 11) is 0. The molecule has 0 spiro atoms. The number of carbonyl (C=O) groups is 1. The lowest BCUT2D eigenvalue weighted by molar-refractivity contribution is -0.164. The molecule has 1 N–H and O–H groups in total. The van der Waals surface area contributed by atoms with Gasteiger partial charge in [0.25, 0.3) is 0 Å². The van der Waals surface area contributed by atoms with E-state index in [1.165, 1.54) is 12.0 Å². The molecule has 2 nitrogen and oxygen atoms in total. The first-order valence-corrected chi connectivity index (χ1v) is 8.93. The molecule has 2 heteroatoms. The molecule has 3 aliphatic carbocycles. The van der Waals surface area contributed by atoms with E-state index in [4.69, 9.17) is 0 Å². The molecule has 0 heterocycles. The Labute approximate surface area is 134 Å². The van der Waals surface area contributed by atoms with E-state index in [0.29, 0.717) is 17.8 Å². The smallest absolute Gasteiger partial charge is 0.309 e. The quantitative estimate of drug-likeness (QED) is 0.760. The van der Waals surface area contributed by atoms with Gasteiger partial charge >= 0.3 is 5.97 Å². The molecule has 3 aliphatic rings. The molecule has 2 fully saturated rings. The predicted octanol–water partition coefficient (Wildman–Crippen LogP) is 5.21. The monoisotopic (exact) mass is 302 g/mol. The fraction of sp³-hybridized carbons (Fsp3) is 0.750. The van der Waals surface area contributed by atoms with Gasteiger partial charge in [0.15, 0.2) is 0 Å². The highest BCUT2D eigenvalue weighted by Crippen LogP contribution is 2.62. The zero-order chi connectivity index (χ0) is 16.1. The summed E-state index contributed by atoms with van der Waals surface area (Å²) in [6.07, 6.45) is 11.2. The molecule has 122 valence electrons. The summed E-state index contributed by atoms with van der Waals surface area (Å²) in [5, 5.41) is 9.84. The van der Waals surface area contributed by atoms with Crippen LogP contribution in [0.25, 0.3) is 0 Å². The summed E-state index contributed by atoms with van der Waals surface area (Å²) in [5.41, 5.74) is 2.71. The van der Waals surface area contributed by atoms with Crippen LogP contribution in [0.5, 0.6) is 0 Å². The molecule has 0 amide bonds. The second-order valence-electron chi connectivity index (χ2n) is 8.54. The standard InChI is InChI=1S/C20H30O2/c1-13(2)14-6-8-16-15(12-14)7-9-17-19(16,3)10-5-11-20(17,4)18(21)22/h6,12-13,16-17H,5,7-11H2,1-4H3,(H,21,22)/t16-,17-,19+,20-/m0/s1. The minimum Gasteiger partial charge on any atom is -0.481 e. The van der Waals surface area contributed by atoms with E-state index in [1.54, 1.807) is 5.57 Å². The SMILES string of the molecule is CC(C)C1=CC[C@H]2C(=C1)CC[C@H]1[C@]2(C)CCC[C@]1(C)C(=O)O. The topological polar surface area (TPSA) is 37.3 Å². The summed E-state index contributed by atoms with van der Waals surface area (Å²) < 4.78 is 0. The second kappa shape index (κ2) is 5.25. The Morgan fingerprint density at radius 2 is 2.05 bits per heavy atom. The highest BCUT2D eigenvalue weighted by molar-refractivity contribution is 5.75. The first kappa shape index (κ1) is 15.8. The van der Waals surface area contributed by atoms with Crippen molar-refractivity contribution in [2.45, 2.75) is 66.2 Å². The normalized spacial score (nSPS) is 41.3. The van der Waals surface area contributed by atoms with Crippen molar-refractivity contribution in [3.8, 4) is 0 Å². The summed E-state index contributed by atoms with van der Waals surface area (Å²) in [6, 6.07) is 0. The molecule has 0 unspecified atom stereocenters. The van der Waals surface area contributed by atoms with Crippen molar-refractivity contribution in [1.82, 2.24) is 0 Å². The van der Waals surface area contributed by atoms with Gasteiger partial charge in [0.05, 0.1) is 5.41 Å². The minimum atomic E-state index is -0.579. The van der Waals surface area contributed by atoms with Crippen molar-refractivity contribution in [3.05, 3.63) is 23.3 Å². The van der Waals surface area contributed by atoms with Crippen LogP contribution in [-0.4, -0.2) is 11.1 Å². The van der Waals surface area contributed by atoms with E-state index in [2.05, 4.69) is 32.9 Å². The van der Waals surface area contributed by atoms with Crippen LogP contribution in [-0.2, 0) is 4.79 Å². The van der Waals surface area contributed by atoms with Crippen molar-refractivity contribution in [2.24, 2.45) is 28.6 Å². The van der Waals surface area contributed by atoms with Gasteiger partial charge in [-0.05, 0) is 67.8 Å². The fourth-order valence-electron chi connectivity index (χ4n) is 5.67. The molecule has 4 atom stereocenters. The average Bonchev–Trinajstić information content (AvgIpc) is 2.46. The number of carboxylic acids is 1. The number of fused-ring (bicyclic) bond motifs is 3. The van der Waals surface area contributed by atoms with Gasteiger partial charge in [0.2, 0.25) is 0 Å². The lowest BCUT2D eigenvalue weighted by Gasteiger charge is -2.57. The average molecular weight is 302 g/mol. The number of aliphatic carboxylic acids is 1. The van der Waals surface area contributed by atoms with Gasteiger partial charge in [-0.15, -0.1) is 0 Å². The Hall–Kier alpha value is -1.05. The Morgan fingerprint density at radius 3 is 2.68 bits per heavy atom. The van der Waals surface area contributed by atoms with E-state index >= 15 is 0 Å². The largest absolute Gasteiger partial charge is 0.481 e. The summed E-state index contributed by atoms with van der Waals surface area (Å²) >= 11 is 0. The number of hydrogen-bond donors (Lipinski definition) is 1. The van der Waals surface area contributed by atoms with Crippen LogP contribution >= 0.6 is 0 Å². The first-order valence-electron chi connectivity index (χ1n) is 8.93. The predicted molar refractivity (Wildman–Crippen MR) is 89.5 cm³/mol. The van der Waals surface area contributed by atoms with Gasteiger partial charge in [-0.3, -0.25) is 4.79 Å². The van der Waals surface area contributed by atoms with Crippen LogP contribution in [0.2, 0.25) is 0 Å². The lowest BCUT2D eigenvalue weighted by atomic mass is 9.46. The van der Waals surface area contributed by atoms with Crippen molar-refractivity contribution >= 4 is 5.97 Å². The molecule has 0 aliphatic heterocycles. The van der Waals surface area contributed by atoms with Crippen LogP contribution in [0, 0.1) is 28.6 Å². The van der Waals surface area contributed by atoms with Gasteiger partial charge in [0, 0.05) is 0 Å². The van der Waals surface area contributed by atoms with Gasteiger partial charge in [0.1, 0.15) is 0 Å². The van der Waals surface area contributed by atoms with Crippen LogP contribution < -0.4 is 0 Å². The Morgan fingerprint density at radius 1 is 1.32 bits per heavy atom. The third-order valence-electron chi connectivity index (χ3n) is 7.04. The third kappa shape index (κ3) is 2.18. The maximum Gasteiger partial charge on any atom is 0.309 e. The molecule has 0 radical (unpaired) electrons. The highest BCUT2D eigenvalue weighted by Gasteiger charge is 2.57. The van der Waals surface area contributed by atoms with E-state index in [-0.39, 0.29) is 5.41 Å². The van der Waals surface area contributed by atoms with Crippen molar-refractivity contribution < 1.29 is 9.90 Å². The fourth-order valence-corrected chi connectivity index (χ4v) is 5.67. The van der Waals surface area contributed by atoms with E-state index in [1.807, 2.05) is 6.92 Å². The second-order valence-corrected chi connectivity index (χ2v) is 8.54. The van der Waals surface area contributed by atoms with Crippen LogP contribution in [0.1, 0.15) is 66.2 Å². The van der Waals surface area contributed by atoms with Crippen molar-refractivity contribution in [3.63, 3.8) is 0 Å². The number of rotatable bonds is 2. The zero-order valence-corrected chi connectivity index (χ0v) is 14.5. The molecule has 0 bridgehead atoms. The molecule has 2 saturated carbocycles. The summed E-state index contributed by atoms with van der Waals surface area (Å²) in [6.45, 7) is 8.91. The zero-order valence-electron chi connectivity index (χ0n) is 14.5. The Balaban J connectivity index is 1.95. The molecule has 0 aromatic rings. The molecule has 3 rings (SSSR count). The molecule has 0 saturated heterocycles. The number of hydrogen-bond acceptors (Lipinski definition) is 1. The minimum absolute atomic E-state index is 0.161. The Kier molecular flexibility index (Phi) is 3.78. The number of allylic oxidation sites excluding steroid dienone is 4. The highest BCUT2D eigenvalue weighted by atomic mass is 16.4. The third-order valence-corrected chi connectivity index (χ3v) is 7.04. The van der Waals surface area contributed by atoms with Gasteiger partial charge in [-0.2, -0.15) is 0 Å². The maximum absolute atomic E-state index is 11.9. The molecule has 22 heavy (non-hydrogen) atoms. The van der Waals surface area contributed by atoms with Crippen molar-refractivity contribution in [1.29, 1.82) is 0 Å². The summed E-state index contributed by atoms with van der Waals surface area (Å²) in [4.78, 5) is 11.9. The molecule has 0 aromatic carbocycles. The maximum atomic E-state index is 11.9. The molecular weight excluding hydrogens is 272 g/mol. The van der Waals surface area contributed by atoms with Gasteiger partial charge in [-0.1, -0.05) is 44.9 Å². The van der Waals surface area contributed by atoms with Crippen LogP contribution in [0.3, 0.4) is 0 Å². The van der Waals surface area contributed by atoms with E-state index in [0.717, 1.165) is 32.1 Å². The van der Waals surface area contributed by atoms with Gasteiger partial charge in [-0.25, -0.2) is 0 Å². The van der Waals surface area contributed by atoms with E-state index in [9.17, 15) is 9.90 Å². The summed E-state index contributed by atoms with van der Waals surface area (Å²) in [5.74, 6) is 0.898. The van der Waals surface area contributed by atoms with Gasteiger partial charge < -0.3 is 5.11 Å². The number of carboxylic acid groups (broad SMARTS) is 1. The van der Waals surface area contributed by atoms with Crippen LogP contribution in [0.15, 0.2) is 23.3 Å². The van der Waals surface area contributed by atoms with Crippen LogP contribution in [0.4, 0.5) is 0 Å². The first-order chi connectivity index (χ1) is 10.3. The van der Waals surface area contributed by atoms with E-state index < -0.39 is 11.4 Å². The Bertz CT molecular complexity index is 542. The molecular formula is C20H30O2. The lowest BCUT2D eigenvalue weighted by Crippen LogP contribution is -2.53. The van der Waals surface area contributed by atoms with Crippen molar-refractivity contribution in [2.75, 3.05) is 0 Å². The molecule has 0 aromatic heterocycles.